The van der Waals surface area contributed by atoms with E-state index in [1.165, 1.54) is 6.07 Å². The highest BCUT2D eigenvalue weighted by molar-refractivity contribution is 7.92. The highest BCUT2D eigenvalue weighted by atomic mass is 35.5. The molecule has 0 aliphatic carbocycles. The number of anilines is 1. The number of nitrogens with zero attached hydrogens (tertiary/aromatic N) is 1. The topological polar surface area (TPSA) is 66.5 Å². The molecule has 0 aliphatic heterocycles. The molecule has 1 amide bonds. The van der Waals surface area contributed by atoms with Gasteiger partial charge in [-0.15, -0.1) is 0 Å². The van der Waals surface area contributed by atoms with Crippen LogP contribution in [-0.2, 0) is 21.2 Å². The summed E-state index contributed by atoms with van der Waals surface area (Å²) in [5, 5.41) is 3.47. The number of rotatable bonds is 10. The van der Waals surface area contributed by atoms with Crippen LogP contribution in [0.25, 0.3) is 0 Å². The lowest BCUT2D eigenvalue weighted by Crippen LogP contribution is -2.32. The van der Waals surface area contributed by atoms with Crippen LogP contribution in [0.3, 0.4) is 0 Å². The average molecular weight is 445 g/mol. The Balaban J connectivity index is 1.77. The summed E-state index contributed by atoms with van der Waals surface area (Å²) in [7, 11) is -3.70. The molecular formula is C20H23ClF2N2O3S. The normalized spacial score (nSPS) is 11.3. The van der Waals surface area contributed by atoms with Crippen LogP contribution in [0.2, 0.25) is 5.02 Å². The standard InChI is InChI=1S/C20H23ClF2N2O3S/c1-29(27,28)25(17-10-11-18(22)19(23)14-17)13-3-5-20(26)24-12-2-4-15-6-8-16(21)9-7-15/h6-11,14H,2-5,12-13H2,1H3,(H,24,26). The molecule has 0 unspecified atom stereocenters. The molecule has 29 heavy (non-hydrogen) atoms. The minimum Gasteiger partial charge on any atom is -0.356 e. The fourth-order valence-corrected chi connectivity index (χ4v) is 3.85. The number of hydrogen-bond donors (Lipinski definition) is 1. The van der Waals surface area contributed by atoms with Gasteiger partial charge in [0.1, 0.15) is 0 Å². The van der Waals surface area contributed by atoms with Crippen molar-refractivity contribution in [2.45, 2.75) is 25.7 Å². The van der Waals surface area contributed by atoms with E-state index in [1.54, 1.807) is 0 Å². The van der Waals surface area contributed by atoms with Crippen molar-refractivity contribution in [3.63, 3.8) is 0 Å². The number of halogens is 3. The molecule has 2 aromatic carbocycles. The molecular weight excluding hydrogens is 422 g/mol. The minimum atomic E-state index is -3.70. The van der Waals surface area contributed by atoms with E-state index < -0.39 is 21.7 Å². The molecule has 0 saturated heterocycles. The number of carbonyl (C=O) groups excluding carboxylic acids is 1. The Kier molecular flexibility index (Phi) is 8.40. The number of benzene rings is 2. The van der Waals surface area contributed by atoms with Crippen molar-refractivity contribution in [2.24, 2.45) is 0 Å². The van der Waals surface area contributed by atoms with Crippen LogP contribution in [0, 0.1) is 11.6 Å². The maximum atomic E-state index is 13.4. The molecule has 0 bridgehead atoms. The lowest BCUT2D eigenvalue weighted by molar-refractivity contribution is -0.121. The summed E-state index contributed by atoms with van der Waals surface area (Å²) in [6.45, 7) is 0.489. The van der Waals surface area contributed by atoms with Gasteiger partial charge in [0, 0.05) is 30.6 Å². The first-order valence-electron chi connectivity index (χ1n) is 9.11. The molecule has 0 aromatic heterocycles. The van der Waals surface area contributed by atoms with Crippen LogP contribution in [0.5, 0.6) is 0 Å². The van der Waals surface area contributed by atoms with E-state index in [2.05, 4.69) is 5.32 Å². The highest BCUT2D eigenvalue weighted by Gasteiger charge is 2.19. The number of aryl methyl sites for hydroxylation is 1. The Labute approximate surface area is 174 Å². The summed E-state index contributed by atoms with van der Waals surface area (Å²) >= 11 is 5.83. The van der Waals surface area contributed by atoms with Crippen molar-refractivity contribution in [3.05, 3.63) is 64.7 Å². The maximum absolute atomic E-state index is 13.4. The monoisotopic (exact) mass is 444 g/mol. The van der Waals surface area contributed by atoms with Gasteiger partial charge in [0.25, 0.3) is 0 Å². The summed E-state index contributed by atoms with van der Waals surface area (Å²) in [6.07, 6.45) is 2.91. The van der Waals surface area contributed by atoms with Gasteiger partial charge in [0.15, 0.2) is 11.6 Å². The lowest BCUT2D eigenvalue weighted by atomic mass is 10.1. The van der Waals surface area contributed by atoms with Gasteiger partial charge >= 0.3 is 0 Å². The second-order valence-corrected chi connectivity index (χ2v) is 8.96. The van der Waals surface area contributed by atoms with Crippen molar-refractivity contribution < 1.29 is 22.0 Å². The largest absolute Gasteiger partial charge is 0.356 e. The van der Waals surface area contributed by atoms with Crippen LogP contribution in [0.1, 0.15) is 24.8 Å². The predicted octanol–water partition coefficient (Wildman–Crippen LogP) is 3.91. The molecule has 0 radical (unpaired) electrons. The fraction of sp³-hybridized carbons (Fsp3) is 0.350. The molecule has 0 aliphatic rings. The van der Waals surface area contributed by atoms with Crippen LogP contribution in [0.4, 0.5) is 14.5 Å². The molecule has 5 nitrogen and oxygen atoms in total. The van der Waals surface area contributed by atoms with Gasteiger partial charge in [0.2, 0.25) is 15.9 Å². The minimum absolute atomic E-state index is 0.0118. The van der Waals surface area contributed by atoms with Crippen molar-refractivity contribution in [3.8, 4) is 0 Å². The van der Waals surface area contributed by atoms with Gasteiger partial charge in [-0.1, -0.05) is 23.7 Å². The first-order chi connectivity index (χ1) is 13.7. The molecule has 2 aromatic rings. The zero-order chi connectivity index (χ0) is 21.4. The second kappa shape index (κ2) is 10.5. The molecule has 0 spiro atoms. The van der Waals surface area contributed by atoms with Crippen molar-refractivity contribution >= 4 is 33.2 Å². The van der Waals surface area contributed by atoms with Gasteiger partial charge in [0.05, 0.1) is 11.9 Å². The van der Waals surface area contributed by atoms with Crippen LogP contribution in [0.15, 0.2) is 42.5 Å². The molecule has 1 N–H and O–H groups in total. The van der Waals surface area contributed by atoms with Gasteiger partial charge in [-0.25, -0.2) is 17.2 Å². The SMILES string of the molecule is CS(=O)(=O)N(CCCC(=O)NCCCc1ccc(Cl)cc1)c1ccc(F)c(F)c1. The van der Waals surface area contributed by atoms with Gasteiger partial charge in [-0.3, -0.25) is 9.10 Å². The quantitative estimate of drug-likeness (QED) is 0.565. The molecule has 9 heteroatoms. The third kappa shape index (κ3) is 7.62. The Bertz CT molecular complexity index is 937. The highest BCUT2D eigenvalue weighted by Crippen LogP contribution is 2.21. The van der Waals surface area contributed by atoms with Crippen molar-refractivity contribution in [1.29, 1.82) is 0 Å². The van der Waals surface area contributed by atoms with E-state index in [0.717, 1.165) is 41.1 Å². The molecule has 0 heterocycles. The van der Waals surface area contributed by atoms with E-state index in [0.29, 0.717) is 11.6 Å². The van der Waals surface area contributed by atoms with Crippen LogP contribution in [-0.4, -0.2) is 33.7 Å². The zero-order valence-electron chi connectivity index (χ0n) is 16.0. The first kappa shape index (κ1) is 23.1. The number of nitrogens with one attached hydrogen (secondary N) is 1. The molecule has 0 fully saturated rings. The van der Waals surface area contributed by atoms with E-state index in [9.17, 15) is 22.0 Å². The van der Waals surface area contributed by atoms with E-state index in [4.69, 9.17) is 11.6 Å². The summed E-state index contributed by atoms with van der Waals surface area (Å²) in [4.78, 5) is 12.0. The summed E-state index contributed by atoms with van der Waals surface area (Å²) in [5.41, 5.74) is 1.15. The van der Waals surface area contributed by atoms with E-state index in [-0.39, 0.29) is 31.0 Å². The van der Waals surface area contributed by atoms with Crippen LogP contribution < -0.4 is 9.62 Å². The lowest BCUT2D eigenvalue weighted by Gasteiger charge is -2.22. The first-order valence-corrected chi connectivity index (χ1v) is 11.3. The van der Waals surface area contributed by atoms with Gasteiger partial charge < -0.3 is 5.32 Å². The fourth-order valence-electron chi connectivity index (χ4n) is 2.77. The van der Waals surface area contributed by atoms with E-state index >= 15 is 0 Å². The van der Waals surface area contributed by atoms with Crippen molar-refractivity contribution in [2.75, 3.05) is 23.7 Å². The van der Waals surface area contributed by atoms with Crippen molar-refractivity contribution in [1.82, 2.24) is 5.32 Å². The maximum Gasteiger partial charge on any atom is 0.232 e. The number of carbonyl (C=O) groups is 1. The Morgan fingerprint density at radius 1 is 1.07 bits per heavy atom. The third-order valence-corrected chi connectivity index (χ3v) is 5.68. The van der Waals surface area contributed by atoms with E-state index in [1.807, 2.05) is 24.3 Å². The summed E-state index contributed by atoms with van der Waals surface area (Å²) < 4.78 is 51.4. The van der Waals surface area contributed by atoms with Crippen LogP contribution >= 0.6 is 11.6 Å². The Morgan fingerprint density at radius 3 is 2.38 bits per heavy atom. The predicted molar refractivity (Wildman–Crippen MR) is 111 cm³/mol. The Hall–Kier alpha value is -2.19. The zero-order valence-corrected chi connectivity index (χ0v) is 17.6. The molecule has 158 valence electrons. The Morgan fingerprint density at radius 2 is 1.76 bits per heavy atom. The second-order valence-electron chi connectivity index (χ2n) is 6.62. The number of sulfonamides is 1. The molecule has 0 atom stereocenters. The smallest absolute Gasteiger partial charge is 0.232 e. The summed E-state index contributed by atoms with van der Waals surface area (Å²) in [5.74, 6) is -2.38. The molecule has 0 saturated carbocycles. The third-order valence-electron chi connectivity index (χ3n) is 4.23. The summed E-state index contributed by atoms with van der Waals surface area (Å²) in [6, 6.07) is 10.4. The van der Waals surface area contributed by atoms with Gasteiger partial charge in [-0.2, -0.15) is 0 Å². The van der Waals surface area contributed by atoms with Gasteiger partial charge in [-0.05, 0) is 49.1 Å². The average Bonchev–Trinajstić information content (AvgIpc) is 2.65. The number of hydrogen-bond acceptors (Lipinski definition) is 3. The molecule has 2 rings (SSSR count). The number of amides is 1.